The first-order valence-corrected chi connectivity index (χ1v) is 11.2. The summed E-state index contributed by atoms with van der Waals surface area (Å²) in [7, 11) is 0. The Morgan fingerprint density at radius 2 is 1.94 bits per heavy atom. The standard InChI is InChI=1S/C23H19BrFN3O3/c1-11-4-7-16(14(24)9-11)28-20(29)18-17-3-2-8-27(17)23(19(18)21(28)30)13-10-12(25)5-6-15(13)26-22(23)31/h4-7,9-10,17-19H,2-3,8H2,1H3,(H,26,31)/t17?,18?,19?,23-/m1/s1. The maximum atomic E-state index is 14.3. The highest BCUT2D eigenvalue weighted by molar-refractivity contribution is 9.10. The summed E-state index contributed by atoms with van der Waals surface area (Å²) < 4.78 is 14.9. The van der Waals surface area contributed by atoms with Gasteiger partial charge in [0.2, 0.25) is 17.7 Å². The highest BCUT2D eigenvalue weighted by Crippen LogP contribution is 2.60. The summed E-state index contributed by atoms with van der Waals surface area (Å²) in [5.74, 6) is -3.03. The zero-order chi connectivity index (χ0) is 21.7. The summed E-state index contributed by atoms with van der Waals surface area (Å²) >= 11 is 3.49. The minimum absolute atomic E-state index is 0.226. The number of anilines is 2. The maximum Gasteiger partial charge on any atom is 0.250 e. The van der Waals surface area contributed by atoms with Gasteiger partial charge in [0.25, 0.3) is 0 Å². The number of benzene rings is 2. The van der Waals surface area contributed by atoms with Crippen LogP contribution in [-0.2, 0) is 19.9 Å². The van der Waals surface area contributed by atoms with Crippen LogP contribution >= 0.6 is 15.9 Å². The molecule has 8 heteroatoms. The Hall–Kier alpha value is -2.58. The molecule has 1 spiro atoms. The molecule has 158 valence electrons. The summed E-state index contributed by atoms with van der Waals surface area (Å²) in [6, 6.07) is 9.39. The van der Waals surface area contributed by atoms with Crippen molar-refractivity contribution >= 4 is 45.0 Å². The molecule has 4 atom stereocenters. The molecule has 3 unspecified atom stereocenters. The van der Waals surface area contributed by atoms with E-state index in [4.69, 9.17) is 0 Å². The first-order chi connectivity index (χ1) is 14.9. The lowest BCUT2D eigenvalue weighted by molar-refractivity contribution is -0.135. The van der Waals surface area contributed by atoms with E-state index in [0.717, 1.165) is 18.4 Å². The van der Waals surface area contributed by atoms with Crippen LogP contribution in [0.15, 0.2) is 40.9 Å². The van der Waals surface area contributed by atoms with E-state index in [2.05, 4.69) is 21.2 Å². The first-order valence-electron chi connectivity index (χ1n) is 10.4. The molecule has 0 aromatic heterocycles. The molecule has 3 amide bonds. The number of nitrogens with one attached hydrogen (secondary N) is 1. The third kappa shape index (κ3) is 2.22. The number of hydrogen-bond acceptors (Lipinski definition) is 4. The molecule has 3 fully saturated rings. The van der Waals surface area contributed by atoms with Crippen LogP contribution in [0.1, 0.15) is 24.0 Å². The summed E-state index contributed by atoms with van der Waals surface area (Å²) in [5.41, 5.74) is 1.08. The van der Waals surface area contributed by atoms with E-state index in [1.54, 1.807) is 6.07 Å². The fourth-order valence-electron chi connectivity index (χ4n) is 6.21. The summed E-state index contributed by atoms with van der Waals surface area (Å²) in [5, 5.41) is 2.85. The van der Waals surface area contributed by atoms with E-state index >= 15 is 0 Å². The second-order valence-corrected chi connectivity index (χ2v) is 9.64. The van der Waals surface area contributed by atoms with Gasteiger partial charge >= 0.3 is 0 Å². The monoisotopic (exact) mass is 483 g/mol. The van der Waals surface area contributed by atoms with Gasteiger partial charge < -0.3 is 5.32 Å². The predicted octanol–water partition coefficient (Wildman–Crippen LogP) is 3.33. The number of hydrogen-bond donors (Lipinski definition) is 1. The fraction of sp³-hybridized carbons (Fsp3) is 0.348. The maximum absolute atomic E-state index is 14.3. The molecule has 4 heterocycles. The zero-order valence-electron chi connectivity index (χ0n) is 16.7. The van der Waals surface area contributed by atoms with Gasteiger partial charge in [0.15, 0.2) is 0 Å². The van der Waals surface area contributed by atoms with Gasteiger partial charge in [0.05, 0.1) is 17.5 Å². The van der Waals surface area contributed by atoms with Crippen molar-refractivity contribution in [1.82, 2.24) is 4.90 Å². The molecule has 0 bridgehead atoms. The normalized spacial score (nSPS) is 31.4. The van der Waals surface area contributed by atoms with Gasteiger partial charge in [0, 0.05) is 21.8 Å². The van der Waals surface area contributed by atoms with Crippen LogP contribution in [0.3, 0.4) is 0 Å². The smallest absolute Gasteiger partial charge is 0.250 e. The number of rotatable bonds is 1. The summed E-state index contributed by atoms with van der Waals surface area (Å²) in [6.45, 7) is 2.52. The molecule has 2 aromatic rings. The van der Waals surface area contributed by atoms with E-state index < -0.39 is 29.1 Å². The van der Waals surface area contributed by atoms with Crippen LogP contribution in [0.5, 0.6) is 0 Å². The van der Waals surface area contributed by atoms with Crippen molar-refractivity contribution in [1.29, 1.82) is 0 Å². The molecule has 4 aliphatic heterocycles. The lowest BCUT2D eigenvalue weighted by Crippen LogP contribution is -2.54. The van der Waals surface area contributed by atoms with Crippen LogP contribution < -0.4 is 10.2 Å². The minimum Gasteiger partial charge on any atom is -0.324 e. The lowest BCUT2D eigenvalue weighted by atomic mass is 9.75. The van der Waals surface area contributed by atoms with Crippen LogP contribution in [0.2, 0.25) is 0 Å². The van der Waals surface area contributed by atoms with Crippen LogP contribution in [0, 0.1) is 24.6 Å². The number of aryl methyl sites for hydroxylation is 1. The minimum atomic E-state index is -1.36. The second-order valence-electron chi connectivity index (χ2n) is 8.78. The molecule has 6 rings (SSSR count). The Morgan fingerprint density at radius 1 is 1.13 bits per heavy atom. The molecule has 0 radical (unpaired) electrons. The number of nitrogens with zero attached hydrogens (tertiary/aromatic N) is 2. The van der Waals surface area contributed by atoms with Gasteiger partial charge in [-0.2, -0.15) is 0 Å². The van der Waals surface area contributed by atoms with Crippen molar-refractivity contribution in [3.63, 3.8) is 0 Å². The highest BCUT2D eigenvalue weighted by atomic mass is 79.9. The van der Waals surface area contributed by atoms with Gasteiger partial charge in [-0.15, -0.1) is 0 Å². The molecule has 0 aliphatic carbocycles. The number of halogens is 2. The Bertz CT molecular complexity index is 1200. The number of amides is 3. The Morgan fingerprint density at radius 3 is 2.71 bits per heavy atom. The van der Waals surface area contributed by atoms with E-state index in [1.165, 1.54) is 23.1 Å². The summed E-state index contributed by atoms with van der Waals surface area (Å²) in [4.78, 5) is 44.2. The Balaban J connectivity index is 1.57. The number of carbonyl (C=O) groups is 3. The van der Waals surface area contributed by atoms with E-state index in [9.17, 15) is 18.8 Å². The largest absolute Gasteiger partial charge is 0.324 e. The zero-order valence-corrected chi connectivity index (χ0v) is 18.3. The SMILES string of the molecule is Cc1ccc(N2C(=O)C3C4CCCN4[C@@]4(C(=O)Nc5ccc(F)cc54)C3C2=O)c(Br)c1. The molecule has 0 saturated carbocycles. The molecule has 6 nitrogen and oxygen atoms in total. The predicted molar refractivity (Wildman–Crippen MR) is 115 cm³/mol. The van der Waals surface area contributed by atoms with Gasteiger partial charge in [-0.05, 0) is 78.1 Å². The van der Waals surface area contributed by atoms with Crippen molar-refractivity contribution in [3.05, 3.63) is 57.8 Å². The molecule has 2 aromatic carbocycles. The number of fused-ring (bicyclic) bond motifs is 7. The number of imide groups is 1. The quantitative estimate of drug-likeness (QED) is 0.631. The topological polar surface area (TPSA) is 69.7 Å². The lowest BCUT2D eigenvalue weighted by Gasteiger charge is -2.36. The van der Waals surface area contributed by atoms with Gasteiger partial charge in [-0.1, -0.05) is 6.07 Å². The van der Waals surface area contributed by atoms with Crippen LogP contribution in [-0.4, -0.2) is 35.2 Å². The average molecular weight is 484 g/mol. The second kappa shape index (κ2) is 6.23. The average Bonchev–Trinajstić information content (AvgIpc) is 3.42. The van der Waals surface area contributed by atoms with E-state index in [0.29, 0.717) is 28.0 Å². The molecular formula is C23H19BrFN3O3. The third-order valence-electron chi connectivity index (χ3n) is 7.30. The highest BCUT2D eigenvalue weighted by Gasteiger charge is 2.74. The molecule has 31 heavy (non-hydrogen) atoms. The van der Waals surface area contributed by atoms with Crippen molar-refractivity contribution in [2.45, 2.75) is 31.3 Å². The first kappa shape index (κ1) is 19.1. The van der Waals surface area contributed by atoms with E-state index in [1.807, 2.05) is 24.0 Å². The van der Waals surface area contributed by atoms with E-state index in [-0.39, 0.29) is 17.9 Å². The Labute approximate surface area is 186 Å². The Kier molecular flexibility index (Phi) is 3.85. The molecular weight excluding hydrogens is 465 g/mol. The fourth-order valence-corrected chi connectivity index (χ4v) is 6.88. The van der Waals surface area contributed by atoms with Crippen LogP contribution in [0.25, 0.3) is 0 Å². The molecule has 3 saturated heterocycles. The van der Waals surface area contributed by atoms with Crippen LogP contribution in [0.4, 0.5) is 15.8 Å². The molecule has 4 aliphatic rings. The molecule has 1 N–H and O–H groups in total. The van der Waals surface area contributed by atoms with Gasteiger partial charge in [-0.25, -0.2) is 9.29 Å². The third-order valence-corrected chi connectivity index (χ3v) is 7.93. The van der Waals surface area contributed by atoms with Crippen molar-refractivity contribution in [2.75, 3.05) is 16.8 Å². The number of carbonyl (C=O) groups excluding carboxylic acids is 3. The van der Waals surface area contributed by atoms with Crippen molar-refractivity contribution < 1.29 is 18.8 Å². The van der Waals surface area contributed by atoms with Crippen molar-refractivity contribution in [3.8, 4) is 0 Å². The van der Waals surface area contributed by atoms with Crippen molar-refractivity contribution in [2.24, 2.45) is 11.8 Å². The van der Waals surface area contributed by atoms with Gasteiger partial charge in [0.1, 0.15) is 11.4 Å². The van der Waals surface area contributed by atoms with Gasteiger partial charge in [-0.3, -0.25) is 19.3 Å². The summed E-state index contributed by atoms with van der Waals surface area (Å²) in [6.07, 6.45) is 1.55.